The lowest BCUT2D eigenvalue weighted by Crippen LogP contribution is -2.17. The Morgan fingerprint density at radius 3 is 2.68 bits per heavy atom. The number of anilines is 1. The number of nitrogens with one attached hydrogen (secondary N) is 1. The maximum atomic E-state index is 12.4. The molecule has 0 unspecified atom stereocenters. The third-order valence-corrected chi connectivity index (χ3v) is 7.19. The van der Waals surface area contributed by atoms with Gasteiger partial charge in [0.1, 0.15) is 17.0 Å². The number of carbonyl (C=O) groups excluding carboxylic acids is 1. The van der Waals surface area contributed by atoms with Gasteiger partial charge in [0, 0.05) is 17.2 Å². The Hall–Kier alpha value is -3.17. The quantitative estimate of drug-likeness (QED) is 0.434. The molecule has 2 aromatic carbocycles. The van der Waals surface area contributed by atoms with Crippen molar-refractivity contribution in [3.63, 3.8) is 0 Å². The number of hydrogen-bond acceptors (Lipinski definition) is 7. The van der Waals surface area contributed by atoms with Crippen molar-refractivity contribution in [3.8, 4) is 17.2 Å². The number of amides is 1. The first-order chi connectivity index (χ1) is 14.8. The van der Waals surface area contributed by atoms with Crippen LogP contribution in [0.1, 0.15) is 12.0 Å². The zero-order valence-electron chi connectivity index (χ0n) is 16.9. The Morgan fingerprint density at radius 2 is 1.94 bits per heavy atom. The molecule has 9 heteroatoms. The predicted molar refractivity (Wildman–Crippen MR) is 120 cm³/mol. The van der Waals surface area contributed by atoms with Crippen LogP contribution in [0.4, 0.5) is 5.13 Å². The van der Waals surface area contributed by atoms with Gasteiger partial charge in [-0.1, -0.05) is 17.7 Å². The number of ether oxygens (including phenoxy) is 1. The average Bonchev–Trinajstić information content (AvgIpc) is 3.38. The molecule has 1 amide bonds. The normalized spacial score (nSPS) is 11.5. The van der Waals surface area contributed by atoms with E-state index < -0.39 is 15.7 Å². The van der Waals surface area contributed by atoms with Crippen LogP contribution in [0.3, 0.4) is 0 Å². The molecule has 31 heavy (non-hydrogen) atoms. The van der Waals surface area contributed by atoms with Crippen molar-refractivity contribution >= 4 is 43.2 Å². The average molecular weight is 457 g/mol. The number of sulfone groups is 1. The molecule has 0 saturated heterocycles. The van der Waals surface area contributed by atoms with E-state index in [1.54, 1.807) is 36.8 Å². The van der Waals surface area contributed by atoms with Crippen LogP contribution in [0.15, 0.2) is 63.2 Å². The van der Waals surface area contributed by atoms with Crippen LogP contribution >= 0.6 is 11.3 Å². The molecule has 7 nitrogen and oxygen atoms in total. The summed E-state index contributed by atoms with van der Waals surface area (Å²) in [5, 5.41) is 5.69. The Labute approximate surface area is 183 Å². The highest BCUT2D eigenvalue weighted by Crippen LogP contribution is 2.32. The lowest BCUT2D eigenvalue weighted by Gasteiger charge is -2.05. The van der Waals surface area contributed by atoms with Gasteiger partial charge in [0.05, 0.1) is 17.8 Å². The van der Waals surface area contributed by atoms with Crippen molar-refractivity contribution in [2.45, 2.75) is 18.2 Å². The standard InChI is InChI=1S/C22H20N2O5S2/c1-14-3-6-17(7-4-14)31(26,27)10-9-21(25)24-22-23-18(13-30-22)20-12-15-11-16(28-2)5-8-19(15)29-20/h3-8,11-13H,9-10H2,1-2H3,(H,23,24,25). The first kappa shape index (κ1) is 21.1. The van der Waals surface area contributed by atoms with Gasteiger partial charge in [-0.3, -0.25) is 4.79 Å². The van der Waals surface area contributed by atoms with Crippen molar-refractivity contribution in [1.82, 2.24) is 4.98 Å². The summed E-state index contributed by atoms with van der Waals surface area (Å²) >= 11 is 1.24. The van der Waals surface area contributed by atoms with Crippen molar-refractivity contribution in [2.24, 2.45) is 0 Å². The van der Waals surface area contributed by atoms with Crippen molar-refractivity contribution in [3.05, 3.63) is 59.5 Å². The van der Waals surface area contributed by atoms with E-state index in [1.807, 2.05) is 31.2 Å². The fourth-order valence-electron chi connectivity index (χ4n) is 2.99. The minimum absolute atomic E-state index is 0.157. The minimum atomic E-state index is -3.53. The lowest BCUT2D eigenvalue weighted by molar-refractivity contribution is -0.115. The molecule has 0 aliphatic carbocycles. The third-order valence-electron chi connectivity index (χ3n) is 4.70. The number of nitrogens with zero attached hydrogens (tertiary/aromatic N) is 1. The summed E-state index contributed by atoms with van der Waals surface area (Å²) in [5.41, 5.74) is 2.26. The fourth-order valence-corrected chi connectivity index (χ4v) is 4.95. The molecule has 0 spiro atoms. The Morgan fingerprint density at radius 1 is 1.16 bits per heavy atom. The van der Waals surface area contributed by atoms with Crippen LogP contribution in [0.5, 0.6) is 5.75 Å². The van der Waals surface area contributed by atoms with Crippen molar-refractivity contribution in [2.75, 3.05) is 18.2 Å². The van der Waals surface area contributed by atoms with Crippen LogP contribution < -0.4 is 10.1 Å². The van der Waals surface area contributed by atoms with Crippen molar-refractivity contribution in [1.29, 1.82) is 0 Å². The Bertz CT molecular complexity index is 1340. The molecule has 2 heterocycles. The topological polar surface area (TPSA) is 98.5 Å². The van der Waals surface area contributed by atoms with Gasteiger partial charge < -0.3 is 14.5 Å². The molecule has 2 aromatic heterocycles. The number of aromatic nitrogens is 1. The zero-order valence-corrected chi connectivity index (χ0v) is 18.5. The summed E-state index contributed by atoms with van der Waals surface area (Å²) in [6.07, 6.45) is -0.157. The fraction of sp³-hybridized carbons (Fsp3) is 0.182. The van der Waals surface area contributed by atoms with Crippen LogP contribution in [0.2, 0.25) is 0 Å². The number of hydrogen-bond donors (Lipinski definition) is 1. The molecular formula is C22H20N2O5S2. The van der Waals surface area contributed by atoms with Crippen LogP contribution in [0, 0.1) is 6.92 Å². The summed E-state index contributed by atoms with van der Waals surface area (Å²) in [5.74, 6) is 0.616. The number of fused-ring (bicyclic) bond motifs is 1. The molecule has 0 atom stereocenters. The van der Waals surface area contributed by atoms with Gasteiger partial charge in [-0.15, -0.1) is 11.3 Å². The molecule has 0 aliphatic rings. The van der Waals surface area contributed by atoms with E-state index in [1.165, 1.54) is 11.3 Å². The number of thiazole rings is 1. The van der Waals surface area contributed by atoms with Crippen molar-refractivity contribution < 1.29 is 22.4 Å². The second kappa shape index (κ2) is 8.52. The van der Waals surface area contributed by atoms with Crippen LogP contribution in [-0.2, 0) is 14.6 Å². The van der Waals surface area contributed by atoms with Gasteiger partial charge in [-0.05, 0) is 43.3 Å². The van der Waals surface area contributed by atoms with Crippen LogP contribution in [-0.4, -0.2) is 32.2 Å². The second-order valence-electron chi connectivity index (χ2n) is 6.98. The first-order valence-corrected chi connectivity index (χ1v) is 12.0. The highest BCUT2D eigenvalue weighted by Gasteiger charge is 2.18. The molecule has 0 aliphatic heterocycles. The van der Waals surface area contributed by atoms with E-state index in [-0.39, 0.29) is 17.1 Å². The molecule has 4 aromatic rings. The molecule has 0 saturated carbocycles. The molecule has 4 rings (SSSR count). The van der Waals surface area contributed by atoms with Gasteiger partial charge in [0.2, 0.25) is 5.91 Å². The summed E-state index contributed by atoms with van der Waals surface area (Å²) < 4.78 is 35.9. The van der Waals surface area contributed by atoms with Gasteiger partial charge >= 0.3 is 0 Å². The highest BCUT2D eigenvalue weighted by molar-refractivity contribution is 7.91. The smallest absolute Gasteiger partial charge is 0.227 e. The number of benzene rings is 2. The number of methoxy groups -OCH3 is 1. The Balaban J connectivity index is 1.40. The van der Waals surface area contributed by atoms with Gasteiger partial charge in [0.15, 0.2) is 20.7 Å². The van der Waals surface area contributed by atoms with E-state index in [2.05, 4.69) is 10.3 Å². The summed E-state index contributed by atoms with van der Waals surface area (Å²) in [4.78, 5) is 16.9. The lowest BCUT2D eigenvalue weighted by atomic mass is 10.2. The van der Waals surface area contributed by atoms with Crippen LogP contribution in [0.25, 0.3) is 22.4 Å². The monoisotopic (exact) mass is 456 g/mol. The maximum absolute atomic E-state index is 12.4. The highest BCUT2D eigenvalue weighted by atomic mass is 32.2. The van der Waals surface area contributed by atoms with E-state index >= 15 is 0 Å². The summed E-state index contributed by atoms with van der Waals surface area (Å²) in [6, 6.07) is 13.9. The first-order valence-electron chi connectivity index (χ1n) is 9.47. The number of aryl methyl sites for hydroxylation is 1. The van der Waals surface area contributed by atoms with E-state index in [0.717, 1.165) is 16.7 Å². The molecular weight excluding hydrogens is 436 g/mol. The number of carbonyl (C=O) groups is 1. The predicted octanol–water partition coefficient (Wildman–Crippen LogP) is 4.68. The van der Waals surface area contributed by atoms with E-state index in [9.17, 15) is 13.2 Å². The van der Waals surface area contributed by atoms with E-state index in [0.29, 0.717) is 22.2 Å². The Kier molecular flexibility index (Phi) is 5.79. The molecule has 1 N–H and O–H groups in total. The SMILES string of the molecule is COc1ccc2oc(-c3csc(NC(=O)CCS(=O)(=O)c4ccc(C)cc4)n3)cc2c1. The maximum Gasteiger partial charge on any atom is 0.227 e. The molecule has 0 fully saturated rings. The van der Waals surface area contributed by atoms with Gasteiger partial charge in [0.25, 0.3) is 0 Å². The molecule has 0 bridgehead atoms. The molecule has 0 radical (unpaired) electrons. The zero-order chi connectivity index (χ0) is 22.0. The number of furan rings is 1. The minimum Gasteiger partial charge on any atom is -0.497 e. The second-order valence-corrected chi connectivity index (χ2v) is 9.95. The summed E-state index contributed by atoms with van der Waals surface area (Å²) in [6.45, 7) is 1.88. The summed E-state index contributed by atoms with van der Waals surface area (Å²) in [7, 11) is -1.93. The molecule has 160 valence electrons. The van der Waals surface area contributed by atoms with Gasteiger partial charge in [-0.2, -0.15) is 0 Å². The number of rotatable bonds is 7. The van der Waals surface area contributed by atoms with Gasteiger partial charge in [-0.25, -0.2) is 13.4 Å². The largest absolute Gasteiger partial charge is 0.497 e. The van der Waals surface area contributed by atoms with E-state index in [4.69, 9.17) is 9.15 Å². The third kappa shape index (κ3) is 4.78.